The Kier molecular flexibility index (Phi) is 7.14. The van der Waals surface area contributed by atoms with E-state index >= 15 is 0 Å². The zero-order valence-electron chi connectivity index (χ0n) is 30.4. The maximum atomic E-state index is 6.56. The smallest absolute Gasteiger partial charge is 0.180 e. The van der Waals surface area contributed by atoms with E-state index in [2.05, 4.69) is 134 Å². The molecule has 0 amide bonds. The molecule has 0 N–H and O–H groups in total. The van der Waals surface area contributed by atoms with Crippen molar-refractivity contribution in [1.29, 1.82) is 0 Å². The van der Waals surface area contributed by atoms with Crippen molar-refractivity contribution in [3.05, 3.63) is 198 Å². The van der Waals surface area contributed by atoms with Crippen molar-refractivity contribution in [2.75, 3.05) is 0 Å². The van der Waals surface area contributed by atoms with Crippen LogP contribution < -0.4 is 0 Å². The molecule has 0 saturated carbocycles. The third-order valence-corrected chi connectivity index (χ3v) is 11.3. The lowest BCUT2D eigenvalue weighted by Crippen LogP contribution is -1.96. The molecule has 7 aromatic carbocycles. The molecule has 11 rings (SSSR count). The Labute approximate surface area is 323 Å². The molecule has 0 unspecified atom stereocenters. The van der Waals surface area contributed by atoms with E-state index in [0.717, 1.165) is 39.6 Å². The van der Waals surface area contributed by atoms with Gasteiger partial charge in [0.1, 0.15) is 16.8 Å². The Morgan fingerprint density at radius 1 is 0.607 bits per heavy atom. The van der Waals surface area contributed by atoms with Crippen molar-refractivity contribution in [2.24, 2.45) is 0 Å². The van der Waals surface area contributed by atoms with Gasteiger partial charge in [-0.1, -0.05) is 152 Å². The lowest BCUT2D eigenvalue weighted by atomic mass is 9.86. The Morgan fingerprint density at radius 2 is 1.30 bits per heavy atom. The van der Waals surface area contributed by atoms with Crippen LogP contribution in [0.15, 0.2) is 175 Å². The minimum absolute atomic E-state index is 0.630. The average Bonchev–Trinajstić information content (AvgIpc) is 3.84. The SMILES string of the molecule is C=C/C=C(\C=C)c1nc(-c2ccccc2)nc2c1oc1ccc(-c3ccc(-c4ccc5c6c(c7ccccc7c5c4)C=C=C=C6)c4c3Cc3ccccc3-4)cc12. The van der Waals surface area contributed by atoms with Crippen LogP contribution in [0, 0.1) is 0 Å². The van der Waals surface area contributed by atoms with Gasteiger partial charge in [0.25, 0.3) is 0 Å². The van der Waals surface area contributed by atoms with Crippen molar-refractivity contribution < 1.29 is 4.42 Å². The Hall–Kier alpha value is -7.54. The van der Waals surface area contributed by atoms with Gasteiger partial charge in [0, 0.05) is 16.5 Å². The van der Waals surface area contributed by atoms with E-state index in [9.17, 15) is 0 Å². The maximum absolute atomic E-state index is 6.56. The topological polar surface area (TPSA) is 38.9 Å². The molecular formula is C53H32N2O. The Balaban J connectivity index is 1.12. The third-order valence-electron chi connectivity index (χ3n) is 11.3. The fraction of sp³-hybridized carbons (Fsp3) is 0.0189. The van der Waals surface area contributed by atoms with E-state index in [4.69, 9.17) is 14.4 Å². The van der Waals surface area contributed by atoms with Gasteiger partial charge in [-0.15, -0.1) is 0 Å². The molecule has 3 heteroatoms. The van der Waals surface area contributed by atoms with E-state index in [1.807, 2.05) is 36.4 Å². The van der Waals surface area contributed by atoms with E-state index in [1.54, 1.807) is 12.2 Å². The van der Waals surface area contributed by atoms with Crippen LogP contribution in [0.4, 0.5) is 0 Å². The van der Waals surface area contributed by atoms with Crippen LogP contribution in [0.3, 0.4) is 0 Å². The summed E-state index contributed by atoms with van der Waals surface area (Å²) < 4.78 is 6.56. The van der Waals surface area contributed by atoms with E-state index in [0.29, 0.717) is 17.1 Å². The molecule has 56 heavy (non-hydrogen) atoms. The summed E-state index contributed by atoms with van der Waals surface area (Å²) in [4.78, 5) is 10.1. The summed E-state index contributed by atoms with van der Waals surface area (Å²) in [6.07, 6.45) is 10.4. The fourth-order valence-corrected chi connectivity index (χ4v) is 8.80. The van der Waals surface area contributed by atoms with E-state index < -0.39 is 0 Å². The van der Waals surface area contributed by atoms with Gasteiger partial charge in [-0.05, 0) is 114 Å². The second kappa shape index (κ2) is 12.5. The first-order valence-corrected chi connectivity index (χ1v) is 18.8. The molecule has 2 aliphatic carbocycles. The van der Waals surface area contributed by atoms with Crippen LogP contribution >= 0.6 is 0 Å². The predicted molar refractivity (Wildman–Crippen MR) is 233 cm³/mol. The molecule has 0 fully saturated rings. The summed E-state index contributed by atoms with van der Waals surface area (Å²) in [6.45, 7) is 8.00. The zero-order chi connectivity index (χ0) is 37.3. The van der Waals surface area contributed by atoms with Crippen LogP contribution in [0.25, 0.3) is 106 Å². The van der Waals surface area contributed by atoms with Crippen molar-refractivity contribution >= 4 is 61.3 Å². The first kappa shape index (κ1) is 31.9. The number of aromatic nitrogens is 2. The molecule has 0 aliphatic heterocycles. The molecule has 3 nitrogen and oxygen atoms in total. The van der Waals surface area contributed by atoms with Gasteiger partial charge in [-0.25, -0.2) is 9.97 Å². The highest BCUT2D eigenvalue weighted by Gasteiger charge is 2.27. The third kappa shape index (κ3) is 4.80. The fourth-order valence-electron chi connectivity index (χ4n) is 8.80. The monoisotopic (exact) mass is 712 g/mol. The van der Waals surface area contributed by atoms with Crippen LogP contribution in [-0.2, 0) is 6.42 Å². The number of hydrogen-bond donors (Lipinski definition) is 0. The van der Waals surface area contributed by atoms with E-state index in [1.165, 1.54) is 71.6 Å². The summed E-state index contributed by atoms with van der Waals surface area (Å²) in [5.74, 6) is 0.631. The molecular weight excluding hydrogens is 681 g/mol. The zero-order valence-corrected chi connectivity index (χ0v) is 30.4. The predicted octanol–water partition coefficient (Wildman–Crippen LogP) is 13.8. The number of nitrogens with zero attached hydrogens (tertiary/aromatic N) is 2. The largest absolute Gasteiger partial charge is 0.452 e. The number of rotatable bonds is 6. The van der Waals surface area contributed by atoms with Gasteiger partial charge >= 0.3 is 0 Å². The Morgan fingerprint density at radius 3 is 2.12 bits per heavy atom. The number of allylic oxidation sites excluding steroid dienone is 4. The molecule has 0 saturated heterocycles. The van der Waals surface area contributed by atoms with Gasteiger partial charge in [0.15, 0.2) is 11.4 Å². The molecule has 0 bridgehead atoms. The quantitative estimate of drug-likeness (QED) is 0.0979. The summed E-state index contributed by atoms with van der Waals surface area (Å²) >= 11 is 0. The molecule has 2 heterocycles. The average molecular weight is 713 g/mol. The van der Waals surface area contributed by atoms with Crippen LogP contribution in [0.2, 0.25) is 0 Å². The van der Waals surface area contributed by atoms with Gasteiger partial charge in [0.2, 0.25) is 0 Å². The van der Waals surface area contributed by atoms with Gasteiger partial charge < -0.3 is 4.42 Å². The molecule has 260 valence electrons. The normalized spacial score (nSPS) is 12.8. The number of fused-ring (bicyclic) bond motifs is 12. The standard InChI is InChI=1S/C53H32N2O/c1-3-14-32(4-2)50-52-51(55-53(54-50)33-15-6-5-7-16-33)47-31-35(24-28-48(47)56-52)37-26-27-39(49-38-18-9-8-17-34(38)30-46(37)49)36-23-25-44-42-21-11-10-19-40(42)41-20-12-13-22-43(41)45(44)29-36/h3-9,12-29,31H,1-2,30H2/b32-14+. The summed E-state index contributed by atoms with van der Waals surface area (Å²) in [6, 6.07) is 45.6. The lowest BCUT2D eigenvalue weighted by Gasteiger charge is -2.17. The van der Waals surface area contributed by atoms with Crippen molar-refractivity contribution in [2.45, 2.75) is 6.42 Å². The summed E-state index contributed by atoms with van der Waals surface area (Å²) in [7, 11) is 0. The van der Waals surface area contributed by atoms with Gasteiger partial charge in [-0.2, -0.15) is 0 Å². The number of benzene rings is 7. The van der Waals surface area contributed by atoms with Gasteiger partial charge in [0.05, 0.1) is 0 Å². The van der Waals surface area contributed by atoms with Gasteiger partial charge in [-0.3, -0.25) is 0 Å². The molecule has 9 aromatic rings. The lowest BCUT2D eigenvalue weighted by molar-refractivity contribution is 0.664. The van der Waals surface area contributed by atoms with E-state index in [-0.39, 0.29) is 0 Å². The number of furan rings is 1. The van der Waals surface area contributed by atoms with Crippen LogP contribution in [-0.4, -0.2) is 9.97 Å². The molecule has 2 aliphatic rings. The molecule has 0 atom stereocenters. The first-order valence-electron chi connectivity index (χ1n) is 18.8. The second-order valence-corrected chi connectivity index (χ2v) is 14.4. The second-order valence-electron chi connectivity index (χ2n) is 14.4. The summed E-state index contributed by atoms with van der Waals surface area (Å²) in [5, 5.41) is 5.89. The van der Waals surface area contributed by atoms with Crippen molar-refractivity contribution in [1.82, 2.24) is 9.97 Å². The minimum atomic E-state index is 0.630. The Bertz CT molecular complexity index is 3330. The maximum Gasteiger partial charge on any atom is 0.180 e. The molecule has 0 radical (unpaired) electrons. The van der Waals surface area contributed by atoms with Crippen molar-refractivity contribution in [3.8, 4) is 44.8 Å². The molecule has 2 aromatic heterocycles. The molecule has 0 spiro atoms. The van der Waals surface area contributed by atoms with Crippen LogP contribution in [0.1, 0.15) is 27.9 Å². The highest BCUT2D eigenvalue weighted by Crippen LogP contribution is 2.48. The highest BCUT2D eigenvalue weighted by molar-refractivity contribution is 6.16. The summed E-state index contributed by atoms with van der Waals surface area (Å²) in [5.41, 5.74) is 23.4. The van der Waals surface area contributed by atoms with Crippen molar-refractivity contribution in [3.63, 3.8) is 0 Å². The highest BCUT2D eigenvalue weighted by atomic mass is 16.3. The minimum Gasteiger partial charge on any atom is -0.452 e. The number of hydrogen-bond acceptors (Lipinski definition) is 3. The van der Waals surface area contributed by atoms with Crippen LogP contribution in [0.5, 0.6) is 0 Å². The first-order chi connectivity index (χ1) is 27.7.